The van der Waals surface area contributed by atoms with Crippen molar-refractivity contribution >= 4 is 5.82 Å². The van der Waals surface area contributed by atoms with E-state index in [0.717, 1.165) is 30.3 Å². The summed E-state index contributed by atoms with van der Waals surface area (Å²) < 4.78 is 5.82. The Morgan fingerprint density at radius 1 is 1.32 bits per heavy atom. The van der Waals surface area contributed by atoms with Gasteiger partial charge in [-0.3, -0.25) is 0 Å². The van der Waals surface area contributed by atoms with Crippen LogP contribution in [0.4, 0.5) is 5.82 Å². The number of nitrogens with zero attached hydrogens (tertiary/aromatic N) is 2. The highest BCUT2D eigenvalue weighted by Gasteiger charge is 2.23. The summed E-state index contributed by atoms with van der Waals surface area (Å²) in [5, 5.41) is 0. The van der Waals surface area contributed by atoms with Crippen molar-refractivity contribution in [1.29, 1.82) is 0 Å². The standard InChI is InChI=1S/C14H24N4O/c1-9-11(18-15)16-13(14(2,3)4)17-12(9)19-8-7-10-5-6-10/h10H,5-8,15H2,1-4H3,(H,16,17,18). The summed E-state index contributed by atoms with van der Waals surface area (Å²) in [6.07, 6.45) is 3.80. The number of nitrogen functional groups attached to an aromatic ring is 1. The van der Waals surface area contributed by atoms with Gasteiger partial charge in [0.1, 0.15) is 5.82 Å². The summed E-state index contributed by atoms with van der Waals surface area (Å²) in [6, 6.07) is 0. The van der Waals surface area contributed by atoms with E-state index in [1.807, 2.05) is 6.92 Å². The predicted molar refractivity (Wildman–Crippen MR) is 76.1 cm³/mol. The number of nitrogens with two attached hydrogens (primary N) is 1. The van der Waals surface area contributed by atoms with Gasteiger partial charge in [-0.05, 0) is 19.3 Å². The second kappa shape index (κ2) is 5.33. The van der Waals surface area contributed by atoms with Gasteiger partial charge in [-0.25, -0.2) is 10.8 Å². The molecule has 1 aromatic rings. The van der Waals surface area contributed by atoms with Crippen LogP contribution in [0, 0.1) is 12.8 Å². The van der Waals surface area contributed by atoms with Gasteiger partial charge in [0.05, 0.1) is 12.2 Å². The van der Waals surface area contributed by atoms with Crippen LogP contribution in [0.25, 0.3) is 0 Å². The number of hydrogen-bond donors (Lipinski definition) is 2. The van der Waals surface area contributed by atoms with E-state index >= 15 is 0 Å². The van der Waals surface area contributed by atoms with Crippen LogP contribution in [0.2, 0.25) is 0 Å². The van der Waals surface area contributed by atoms with Crippen molar-refractivity contribution in [2.24, 2.45) is 11.8 Å². The smallest absolute Gasteiger partial charge is 0.221 e. The van der Waals surface area contributed by atoms with Gasteiger partial charge in [0.2, 0.25) is 5.88 Å². The third kappa shape index (κ3) is 3.56. The topological polar surface area (TPSA) is 73.1 Å². The summed E-state index contributed by atoms with van der Waals surface area (Å²) in [5.74, 6) is 8.41. The molecule has 1 saturated carbocycles. The SMILES string of the molecule is Cc1c(NN)nc(C(C)(C)C)nc1OCCC1CC1. The quantitative estimate of drug-likeness (QED) is 0.631. The number of rotatable bonds is 5. The molecule has 1 aliphatic carbocycles. The number of hydrazine groups is 1. The van der Waals surface area contributed by atoms with Crippen LogP contribution in [0.5, 0.6) is 5.88 Å². The molecule has 1 heterocycles. The maximum absolute atomic E-state index is 5.82. The Hall–Kier alpha value is -1.36. The van der Waals surface area contributed by atoms with Gasteiger partial charge in [-0.2, -0.15) is 4.98 Å². The first-order chi connectivity index (χ1) is 8.91. The maximum Gasteiger partial charge on any atom is 0.221 e. The van der Waals surface area contributed by atoms with Crippen molar-refractivity contribution in [1.82, 2.24) is 9.97 Å². The molecule has 3 N–H and O–H groups in total. The van der Waals surface area contributed by atoms with E-state index in [0.29, 0.717) is 11.7 Å². The number of anilines is 1. The van der Waals surface area contributed by atoms with E-state index in [1.165, 1.54) is 12.8 Å². The van der Waals surface area contributed by atoms with Crippen molar-refractivity contribution in [3.8, 4) is 5.88 Å². The molecule has 0 atom stereocenters. The van der Waals surface area contributed by atoms with Crippen LogP contribution in [-0.2, 0) is 5.41 Å². The first-order valence-electron chi connectivity index (χ1n) is 6.90. The average molecular weight is 264 g/mol. The van der Waals surface area contributed by atoms with Crippen molar-refractivity contribution < 1.29 is 4.74 Å². The molecule has 1 aromatic heterocycles. The number of hydrogen-bond acceptors (Lipinski definition) is 5. The second-order valence-electron chi connectivity index (χ2n) is 6.30. The highest BCUT2D eigenvalue weighted by molar-refractivity contribution is 5.48. The van der Waals surface area contributed by atoms with E-state index in [-0.39, 0.29) is 5.41 Å². The zero-order valence-corrected chi connectivity index (χ0v) is 12.3. The fourth-order valence-electron chi connectivity index (χ4n) is 1.84. The Bertz CT molecular complexity index is 449. The average Bonchev–Trinajstić information content (AvgIpc) is 3.14. The highest BCUT2D eigenvalue weighted by Crippen LogP contribution is 2.33. The lowest BCUT2D eigenvalue weighted by Gasteiger charge is -2.20. The Morgan fingerprint density at radius 3 is 2.53 bits per heavy atom. The molecule has 0 unspecified atom stereocenters. The molecule has 0 saturated heterocycles. The van der Waals surface area contributed by atoms with Gasteiger partial charge >= 0.3 is 0 Å². The molecule has 1 aliphatic rings. The lowest BCUT2D eigenvalue weighted by Crippen LogP contribution is -2.20. The molecular formula is C14H24N4O. The Balaban J connectivity index is 2.18. The number of aromatic nitrogens is 2. The largest absolute Gasteiger partial charge is 0.477 e. The van der Waals surface area contributed by atoms with Gasteiger partial charge in [0, 0.05) is 5.41 Å². The molecule has 0 amide bonds. The first-order valence-corrected chi connectivity index (χ1v) is 6.90. The molecule has 0 aromatic carbocycles. The molecule has 106 valence electrons. The van der Waals surface area contributed by atoms with E-state index < -0.39 is 0 Å². The molecule has 0 bridgehead atoms. The van der Waals surface area contributed by atoms with Gasteiger partial charge < -0.3 is 10.2 Å². The normalized spacial score (nSPS) is 15.4. The monoisotopic (exact) mass is 264 g/mol. The maximum atomic E-state index is 5.82. The Labute approximate surface area is 114 Å². The first kappa shape index (κ1) is 14.1. The summed E-state index contributed by atoms with van der Waals surface area (Å²) >= 11 is 0. The van der Waals surface area contributed by atoms with Crippen LogP contribution < -0.4 is 16.0 Å². The summed E-state index contributed by atoms with van der Waals surface area (Å²) in [7, 11) is 0. The lowest BCUT2D eigenvalue weighted by atomic mass is 9.95. The number of ether oxygens (including phenoxy) is 1. The molecule has 5 heteroatoms. The Kier molecular flexibility index (Phi) is 3.94. The van der Waals surface area contributed by atoms with E-state index in [1.54, 1.807) is 0 Å². The molecule has 2 rings (SSSR count). The lowest BCUT2D eigenvalue weighted by molar-refractivity contribution is 0.286. The van der Waals surface area contributed by atoms with Crippen LogP contribution >= 0.6 is 0 Å². The zero-order chi connectivity index (χ0) is 14.0. The van der Waals surface area contributed by atoms with Crippen LogP contribution in [-0.4, -0.2) is 16.6 Å². The minimum Gasteiger partial charge on any atom is -0.477 e. The Morgan fingerprint density at radius 2 is 2.00 bits per heavy atom. The van der Waals surface area contributed by atoms with Crippen molar-refractivity contribution in [3.63, 3.8) is 0 Å². The minimum absolute atomic E-state index is 0.131. The summed E-state index contributed by atoms with van der Waals surface area (Å²) in [6.45, 7) is 8.87. The van der Waals surface area contributed by atoms with E-state index in [4.69, 9.17) is 10.6 Å². The molecule has 19 heavy (non-hydrogen) atoms. The van der Waals surface area contributed by atoms with Gasteiger partial charge in [-0.15, -0.1) is 0 Å². The van der Waals surface area contributed by atoms with Gasteiger partial charge in [-0.1, -0.05) is 33.6 Å². The van der Waals surface area contributed by atoms with Crippen molar-refractivity contribution in [3.05, 3.63) is 11.4 Å². The molecule has 5 nitrogen and oxygen atoms in total. The van der Waals surface area contributed by atoms with E-state index in [2.05, 4.69) is 36.2 Å². The molecule has 1 fully saturated rings. The van der Waals surface area contributed by atoms with Crippen LogP contribution in [0.15, 0.2) is 0 Å². The molecule has 0 radical (unpaired) electrons. The summed E-state index contributed by atoms with van der Waals surface area (Å²) in [4.78, 5) is 8.99. The molecule has 0 spiro atoms. The van der Waals surface area contributed by atoms with Crippen LogP contribution in [0.1, 0.15) is 51.4 Å². The molecular weight excluding hydrogens is 240 g/mol. The third-order valence-corrected chi connectivity index (χ3v) is 3.37. The predicted octanol–water partition coefficient (Wildman–Crippen LogP) is 2.55. The summed E-state index contributed by atoms with van der Waals surface area (Å²) in [5.41, 5.74) is 3.36. The third-order valence-electron chi connectivity index (χ3n) is 3.37. The fraction of sp³-hybridized carbons (Fsp3) is 0.714. The molecule has 0 aliphatic heterocycles. The van der Waals surface area contributed by atoms with Crippen molar-refractivity contribution in [2.75, 3.05) is 12.0 Å². The van der Waals surface area contributed by atoms with Gasteiger partial charge in [0.15, 0.2) is 5.82 Å². The zero-order valence-electron chi connectivity index (χ0n) is 12.3. The van der Waals surface area contributed by atoms with Gasteiger partial charge in [0.25, 0.3) is 0 Å². The van der Waals surface area contributed by atoms with E-state index in [9.17, 15) is 0 Å². The highest BCUT2D eigenvalue weighted by atomic mass is 16.5. The fourth-order valence-corrected chi connectivity index (χ4v) is 1.84. The van der Waals surface area contributed by atoms with Crippen molar-refractivity contribution in [2.45, 2.75) is 52.4 Å². The second-order valence-corrected chi connectivity index (χ2v) is 6.30. The number of nitrogens with one attached hydrogen (secondary N) is 1. The van der Waals surface area contributed by atoms with Crippen LogP contribution in [0.3, 0.4) is 0 Å². The minimum atomic E-state index is -0.131.